The van der Waals surface area contributed by atoms with Crippen LogP contribution in [-0.2, 0) is 12.8 Å². The van der Waals surface area contributed by atoms with Crippen molar-refractivity contribution < 1.29 is 0 Å². The zero-order valence-electron chi connectivity index (χ0n) is 13.3. The maximum Gasteiger partial charge on any atom is 0.174 e. The Hall–Kier alpha value is -1.27. The molecule has 0 bridgehead atoms. The van der Waals surface area contributed by atoms with Gasteiger partial charge < -0.3 is 10.2 Å². The Balaban J connectivity index is 1.74. The van der Waals surface area contributed by atoms with Crippen molar-refractivity contribution in [2.45, 2.75) is 44.9 Å². The van der Waals surface area contributed by atoms with Gasteiger partial charge in [-0.05, 0) is 55.8 Å². The van der Waals surface area contributed by atoms with E-state index < -0.39 is 0 Å². The van der Waals surface area contributed by atoms with E-state index in [1.165, 1.54) is 46.3 Å². The summed E-state index contributed by atoms with van der Waals surface area (Å²) in [5, 5.41) is 5.38. The van der Waals surface area contributed by atoms with Crippen LogP contribution in [0.15, 0.2) is 0 Å². The summed E-state index contributed by atoms with van der Waals surface area (Å²) in [7, 11) is 0. The van der Waals surface area contributed by atoms with Gasteiger partial charge >= 0.3 is 0 Å². The molecule has 0 aromatic carbocycles. The van der Waals surface area contributed by atoms with Gasteiger partial charge in [-0.25, -0.2) is 9.97 Å². The molecule has 1 saturated heterocycles. The number of hydrogen-bond acceptors (Lipinski definition) is 4. The van der Waals surface area contributed by atoms with Gasteiger partial charge in [-0.1, -0.05) is 6.92 Å². The molecule has 0 spiro atoms. The maximum absolute atomic E-state index is 5.52. The lowest BCUT2D eigenvalue weighted by Gasteiger charge is -2.21. The predicted molar refractivity (Wildman–Crippen MR) is 98.5 cm³/mol. The number of thiocarbonyl (C=S) groups is 1. The number of aryl methyl sites for hydroxylation is 1. The van der Waals surface area contributed by atoms with Crippen LogP contribution in [0.4, 0.5) is 5.82 Å². The Bertz CT molecular complexity index is 809. The van der Waals surface area contributed by atoms with Crippen molar-refractivity contribution in [3.05, 3.63) is 16.3 Å². The highest BCUT2D eigenvalue weighted by atomic mass is 32.1. The monoisotopic (exact) mass is 344 g/mol. The zero-order chi connectivity index (χ0) is 15.6. The molecular weight excluding hydrogens is 324 g/mol. The number of aromatic nitrogens is 2. The number of thiophene rings is 1. The largest absolute Gasteiger partial charge is 0.360 e. The van der Waals surface area contributed by atoms with Crippen molar-refractivity contribution in [2.75, 3.05) is 18.0 Å². The van der Waals surface area contributed by atoms with Gasteiger partial charge in [-0.15, -0.1) is 11.3 Å². The van der Waals surface area contributed by atoms with E-state index in [0.29, 0.717) is 5.92 Å². The van der Waals surface area contributed by atoms with Crippen LogP contribution >= 0.6 is 23.6 Å². The molecule has 2 aromatic heterocycles. The highest BCUT2D eigenvalue weighted by Crippen LogP contribution is 2.44. The Morgan fingerprint density at radius 2 is 2.13 bits per heavy atom. The second-order valence-electron chi connectivity index (χ2n) is 7.10. The Labute approximate surface area is 145 Å². The van der Waals surface area contributed by atoms with E-state index in [1.54, 1.807) is 0 Å². The zero-order valence-corrected chi connectivity index (χ0v) is 14.9. The molecule has 3 aliphatic rings. The molecule has 0 amide bonds. The van der Waals surface area contributed by atoms with E-state index in [1.807, 2.05) is 11.3 Å². The first-order chi connectivity index (χ1) is 11.2. The van der Waals surface area contributed by atoms with Crippen LogP contribution in [0.3, 0.4) is 0 Å². The van der Waals surface area contributed by atoms with Gasteiger partial charge in [0.25, 0.3) is 0 Å². The van der Waals surface area contributed by atoms with Crippen molar-refractivity contribution >= 4 is 44.7 Å². The van der Waals surface area contributed by atoms with Crippen LogP contribution in [0, 0.1) is 5.92 Å². The molecule has 1 unspecified atom stereocenters. The number of rotatable bonds is 2. The first-order valence-electron chi connectivity index (χ1n) is 8.58. The average Bonchev–Trinajstić information content (AvgIpc) is 3.20. The lowest BCUT2D eigenvalue weighted by molar-refractivity contribution is 0.509. The minimum atomic E-state index is 0.570. The summed E-state index contributed by atoms with van der Waals surface area (Å²) >= 11 is 7.41. The van der Waals surface area contributed by atoms with Crippen LogP contribution in [-0.4, -0.2) is 28.2 Å². The number of anilines is 1. The van der Waals surface area contributed by atoms with Gasteiger partial charge in [0.05, 0.1) is 5.39 Å². The molecule has 2 fully saturated rings. The van der Waals surface area contributed by atoms with E-state index in [0.717, 1.165) is 42.2 Å². The lowest BCUT2D eigenvalue weighted by atomic mass is 9.89. The van der Waals surface area contributed by atoms with E-state index in [4.69, 9.17) is 22.2 Å². The quantitative estimate of drug-likeness (QED) is 0.846. The smallest absolute Gasteiger partial charge is 0.174 e. The summed E-state index contributed by atoms with van der Waals surface area (Å²) in [5.74, 6) is 3.46. The van der Waals surface area contributed by atoms with E-state index in [-0.39, 0.29) is 0 Å². The fraction of sp³-hybridized carbons (Fsp3) is 0.588. The van der Waals surface area contributed by atoms with E-state index in [9.17, 15) is 0 Å². The molecule has 1 aliphatic heterocycles. The summed E-state index contributed by atoms with van der Waals surface area (Å²) in [6.07, 6.45) is 6.08. The highest BCUT2D eigenvalue weighted by molar-refractivity contribution is 7.80. The maximum atomic E-state index is 5.52. The molecule has 23 heavy (non-hydrogen) atoms. The molecule has 0 radical (unpaired) electrons. The van der Waals surface area contributed by atoms with Gasteiger partial charge in [0.15, 0.2) is 5.11 Å². The molecule has 5 rings (SSSR count). The van der Waals surface area contributed by atoms with Crippen LogP contribution < -0.4 is 10.2 Å². The summed E-state index contributed by atoms with van der Waals surface area (Å²) in [5.41, 5.74) is 1.50. The van der Waals surface area contributed by atoms with Crippen LogP contribution in [0.5, 0.6) is 0 Å². The molecule has 3 heterocycles. The van der Waals surface area contributed by atoms with Crippen molar-refractivity contribution in [3.63, 3.8) is 0 Å². The third-order valence-corrected chi connectivity index (χ3v) is 6.72. The molecule has 1 N–H and O–H groups in total. The van der Waals surface area contributed by atoms with Gasteiger partial charge in [-0.3, -0.25) is 0 Å². The SMILES string of the molecule is CC1CCc2c(sc3nc(C4CC4)nc(N4CCNC4=S)c23)C1. The van der Waals surface area contributed by atoms with Gasteiger partial charge in [-0.2, -0.15) is 0 Å². The first-order valence-corrected chi connectivity index (χ1v) is 9.80. The molecule has 2 aliphatic carbocycles. The second kappa shape index (κ2) is 5.11. The van der Waals surface area contributed by atoms with Gasteiger partial charge in [0, 0.05) is 23.9 Å². The molecular formula is C17H20N4S2. The average molecular weight is 345 g/mol. The first kappa shape index (κ1) is 14.1. The molecule has 4 nitrogen and oxygen atoms in total. The third kappa shape index (κ3) is 2.26. The summed E-state index contributed by atoms with van der Waals surface area (Å²) < 4.78 is 0. The van der Waals surface area contributed by atoms with Crippen LogP contribution in [0.25, 0.3) is 10.2 Å². The topological polar surface area (TPSA) is 41.1 Å². The Morgan fingerprint density at radius 3 is 2.87 bits per heavy atom. The predicted octanol–water partition coefficient (Wildman–Crippen LogP) is 3.39. The van der Waals surface area contributed by atoms with Gasteiger partial charge in [0.2, 0.25) is 0 Å². The number of nitrogens with one attached hydrogen (secondary N) is 1. The third-order valence-electron chi connectivity index (χ3n) is 5.21. The number of hydrogen-bond donors (Lipinski definition) is 1. The summed E-state index contributed by atoms with van der Waals surface area (Å²) in [6, 6.07) is 0. The molecule has 1 saturated carbocycles. The Morgan fingerprint density at radius 1 is 1.26 bits per heavy atom. The molecule has 120 valence electrons. The fourth-order valence-electron chi connectivity index (χ4n) is 3.73. The van der Waals surface area contributed by atoms with Crippen LogP contribution in [0.1, 0.15) is 48.4 Å². The van der Waals surface area contributed by atoms with Crippen molar-refractivity contribution in [2.24, 2.45) is 5.92 Å². The molecule has 2 aromatic rings. The number of nitrogens with zero attached hydrogens (tertiary/aromatic N) is 3. The number of fused-ring (bicyclic) bond motifs is 3. The van der Waals surface area contributed by atoms with Crippen molar-refractivity contribution in [1.82, 2.24) is 15.3 Å². The lowest BCUT2D eigenvalue weighted by Crippen LogP contribution is -2.29. The standard InChI is InChI=1S/C17H20N4S2/c1-9-2-5-11-12(8-9)23-16-13(11)15(21-7-6-18-17(21)22)19-14(20-16)10-3-4-10/h9-10H,2-8H2,1H3,(H,18,22). The summed E-state index contributed by atoms with van der Waals surface area (Å²) in [4.78, 5) is 14.8. The highest BCUT2D eigenvalue weighted by Gasteiger charge is 2.32. The van der Waals surface area contributed by atoms with Crippen molar-refractivity contribution in [3.8, 4) is 0 Å². The molecule has 1 atom stereocenters. The minimum Gasteiger partial charge on any atom is -0.360 e. The summed E-state index contributed by atoms with van der Waals surface area (Å²) in [6.45, 7) is 4.18. The minimum absolute atomic E-state index is 0.570. The van der Waals surface area contributed by atoms with Crippen molar-refractivity contribution in [1.29, 1.82) is 0 Å². The van der Waals surface area contributed by atoms with E-state index >= 15 is 0 Å². The molecule has 6 heteroatoms. The normalized spacial score (nSPS) is 24.1. The van der Waals surface area contributed by atoms with Crippen LogP contribution in [0.2, 0.25) is 0 Å². The fourth-order valence-corrected chi connectivity index (χ4v) is 5.40. The van der Waals surface area contributed by atoms with Gasteiger partial charge in [0.1, 0.15) is 16.5 Å². The Kier molecular flexibility index (Phi) is 3.14. The second-order valence-corrected chi connectivity index (χ2v) is 8.57. The van der Waals surface area contributed by atoms with E-state index in [2.05, 4.69) is 17.1 Å².